The third kappa shape index (κ3) is 5.19. The molecule has 0 saturated carbocycles. The van der Waals surface area contributed by atoms with Crippen LogP contribution in [0.25, 0.3) is 6.08 Å². The van der Waals surface area contributed by atoms with E-state index in [0.29, 0.717) is 18.7 Å². The second kappa shape index (κ2) is 8.06. The number of ether oxygens (including phenoxy) is 1. The molecule has 108 valence electrons. The Hall–Kier alpha value is -2.21. The zero-order valence-electron chi connectivity index (χ0n) is 11.5. The van der Waals surface area contributed by atoms with Gasteiger partial charge in [-0.15, -0.1) is 0 Å². The highest BCUT2D eigenvalue weighted by Crippen LogP contribution is 2.08. The number of carboxylic acid groups (broad SMARTS) is 1. The molecule has 1 aromatic heterocycles. The number of nitrogens with zero attached hydrogens (tertiary/aromatic N) is 1. The van der Waals surface area contributed by atoms with Crippen LogP contribution in [0.1, 0.15) is 23.0 Å². The van der Waals surface area contributed by atoms with Crippen LogP contribution >= 0.6 is 0 Å². The molecule has 2 N–H and O–H groups in total. The molecule has 1 unspecified atom stereocenters. The molecule has 0 aliphatic carbocycles. The fraction of sp³-hybridized carbons (Fsp3) is 0.357. The van der Waals surface area contributed by atoms with Crippen LogP contribution in [-0.2, 0) is 9.53 Å². The molecule has 20 heavy (non-hydrogen) atoms. The lowest BCUT2D eigenvalue weighted by molar-refractivity contribution is -0.131. The minimum Gasteiger partial charge on any atom is -0.478 e. The van der Waals surface area contributed by atoms with Gasteiger partial charge in [0.2, 0.25) is 0 Å². The summed E-state index contributed by atoms with van der Waals surface area (Å²) in [4.78, 5) is 26.5. The molecule has 0 aromatic carbocycles. The van der Waals surface area contributed by atoms with Gasteiger partial charge in [0.05, 0.1) is 6.61 Å². The predicted molar refractivity (Wildman–Crippen MR) is 74.3 cm³/mol. The number of pyridine rings is 1. The van der Waals surface area contributed by atoms with Crippen molar-refractivity contribution in [3.05, 3.63) is 35.7 Å². The molecular weight excluding hydrogens is 260 g/mol. The third-order valence-electron chi connectivity index (χ3n) is 2.52. The summed E-state index contributed by atoms with van der Waals surface area (Å²) < 4.78 is 4.99. The van der Waals surface area contributed by atoms with Gasteiger partial charge in [0, 0.05) is 31.5 Å². The van der Waals surface area contributed by atoms with E-state index in [4.69, 9.17) is 9.84 Å². The van der Waals surface area contributed by atoms with Gasteiger partial charge in [0.15, 0.2) is 0 Å². The van der Waals surface area contributed by atoms with Crippen LogP contribution in [0.2, 0.25) is 0 Å². The van der Waals surface area contributed by atoms with Crippen molar-refractivity contribution < 1.29 is 19.4 Å². The van der Waals surface area contributed by atoms with E-state index < -0.39 is 5.97 Å². The van der Waals surface area contributed by atoms with Crippen molar-refractivity contribution >= 4 is 18.0 Å². The molecule has 1 rings (SSSR count). The largest absolute Gasteiger partial charge is 0.478 e. The number of aromatic nitrogens is 1. The van der Waals surface area contributed by atoms with E-state index in [-0.39, 0.29) is 17.5 Å². The summed E-state index contributed by atoms with van der Waals surface area (Å²) in [6.07, 6.45) is 3.82. The Balaban J connectivity index is 2.75. The predicted octanol–water partition coefficient (Wildman–Crippen LogP) is 1.19. The molecular formula is C14H18N2O4. The lowest BCUT2D eigenvalue weighted by atomic mass is 10.1. The fourth-order valence-electron chi connectivity index (χ4n) is 1.60. The summed E-state index contributed by atoms with van der Waals surface area (Å²) in [5.74, 6) is -1.22. The Bertz CT molecular complexity index is 500. The highest BCUT2D eigenvalue weighted by atomic mass is 16.5. The maximum Gasteiger partial charge on any atom is 0.328 e. The summed E-state index contributed by atoms with van der Waals surface area (Å²) >= 11 is 0. The molecule has 0 aliphatic heterocycles. The Kier molecular flexibility index (Phi) is 6.39. The van der Waals surface area contributed by atoms with Gasteiger partial charge in [0.1, 0.15) is 5.69 Å². The van der Waals surface area contributed by atoms with Crippen LogP contribution in [0, 0.1) is 5.92 Å². The third-order valence-corrected chi connectivity index (χ3v) is 2.52. The first-order valence-electron chi connectivity index (χ1n) is 6.17. The van der Waals surface area contributed by atoms with Gasteiger partial charge in [-0.3, -0.25) is 9.78 Å². The van der Waals surface area contributed by atoms with Crippen LogP contribution in [0.4, 0.5) is 0 Å². The molecule has 6 nitrogen and oxygen atoms in total. The van der Waals surface area contributed by atoms with E-state index >= 15 is 0 Å². The first-order chi connectivity index (χ1) is 9.54. The highest BCUT2D eigenvalue weighted by Gasteiger charge is 2.12. The minimum atomic E-state index is -1.08. The Labute approximate surface area is 117 Å². The number of hydrogen-bond donors (Lipinski definition) is 2. The minimum absolute atomic E-state index is 0.186. The molecule has 1 heterocycles. The van der Waals surface area contributed by atoms with Crippen molar-refractivity contribution in [1.29, 1.82) is 0 Å². The monoisotopic (exact) mass is 278 g/mol. The maximum atomic E-state index is 12.0. The van der Waals surface area contributed by atoms with Crippen LogP contribution in [0.3, 0.4) is 0 Å². The smallest absolute Gasteiger partial charge is 0.328 e. The summed E-state index contributed by atoms with van der Waals surface area (Å²) in [7, 11) is 1.60. The fourth-order valence-corrected chi connectivity index (χ4v) is 1.60. The standard InChI is InChI=1S/C14H18N2O4/c1-10(9-20-2)8-16-14(19)13-11(4-3-7-15-13)5-6-12(17)18/h3-7,10H,8-9H2,1-2H3,(H,16,19)(H,17,18)/b6-5+. The number of nitrogens with one attached hydrogen (secondary N) is 1. The van der Waals surface area contributed by atoms with E-state index in [1.165, 1.54) is 12.3 Å². The lowest BCUT2D eigenvalue weighted by Crippen LogP contribution is -2.31. The molecule has 1 amide bonds. The van der Waals surface area contributed by atoms with E-state index in [0.717, 1.165) is 6.08 Å². The number of rotatable bonds is 7. The summed E-state index contributed by atoms with van der Waals surface area (Å²) in [6, 6.07) is 3.28. The van der Waals surface area contributed by atoms with Gasteiger partial charge in [-0.05, 0) is 18.1 Å². The van der Waals surface area contributed by atoms with Crippen LogP contribution in [-0.4, -0.2) is 42.2 Å². The molecule has 6 heteroatoms. The van der Waals surface area contributed by atoms with Crippen molar-refractivity contribution in [2.75, 3.05) is 20.3 Å². The molecule has 0 spiro atoms. The number of aliphatic carboxylic acids is 1. The zero-order chi connectivity index (χ0) is 15.0. The number of amides is 1. The van der Waals surface area contributed by atoms with E-state index in [1.54, 1.807) is 19.2 Å². The highest BCUT2D eigenvalue weighted by molar-refractivity contribution is 5.97. The van der Waals surface area contributed by atoms with Gasteiger partial charge < -0.3 is 15.2 Å². The lowest BCUT2D eigenvalue weighted by Gasteiger charge is -2.12. The van der Waals surface area contributed by atoms with Crippen molar-refractivity contribution in [3.63, 3.8) is 0 Å². The number of carboxylic acids is 1. The molecule has 0 aliphatic rings. The Morgan fingerprint density at radius 2 is 2.30 bits per heavy atom. The topological polar surface area (TPSA) is 88.5 Å². The van der Waals surface area contributed by atoms with Gasteiger partial charge in [-0.1, -0.05) is 13.0 Å². The van der Waals surface area contributed by atoms with Crippen molar-refractivity contribution in [2.24, 2.45) is 5.92 Å². The van der Waals surface area contributed by atoms with Gasteiger partial charge >= 0.3 is 5.97 Å². The normalized spacial score (nSPS) is 12.3. The molecule has 0 saturated heterocycles. The molecule has 0 bridgehead atoms. The Morgan fingerprint density at radius 3 is 2.95 bits per heavy atom. The van der Waals surface area contributed by atoms with Gasteiger partial charge in [0.25, 0.3) is 5.91 Å². The zero-order valence-corrected chi connectivity index (χ0v) is 11.5. The van der Waals surface area contributed by atoms with E-state index in [2.05, 4.69) is 10.3 Å². The van der Waals surface area contributed by atoms with Crippen LogP contribution < -0.4 is 5.32 Å². The maximum absolute atomic E-state index is 12.0. The second-order valence-electron chi connectivity index (χ2n) is 4.38. The average Bonchev–Trinajstić information content (AvgIpc) is 2.43. The van der Waals surface area contributed by atoms with Crippen molar-refractivity contribution in [2.45, 2.75) is 6.92 Å². The summed E-state index contributed by atoms with van der Waals surface area (Å²) in [5.41, 5.74) is 0.668. The first-order valence-corrected chi connectivity index (χ1v) is 6.17. The second-order valence-corrected chi connectivity index (χ2v) is 4.38. The van der Waals surface area contributed by atoms with E-state index in [1.807, 2.05) is 6.92 Å². The number of carbonyl (C=O) groups is 2. The number of carbonyl (C=O) groups excluding carboxylic acids is 1. The SMILES string of the molecule is COCC(C)CNC(=O)c1ncccc1/C=C/C(=O)O. The van der Waals surface area contributed by atoms with Crippen molar-refractivity contribution in [1.82, 2.24) is 10.3 Å². The molecule has 0 fully saturated rings. The van der Waals surface area contributed by atoms with Gasteiger partial charge in [-0.25, -0.2) is 4.79 Å². The quantitative estimate of drug-likeness (QED) is 0.731. The first kappa shape index (κ1) is 15.8. The number of hydrogen-bond acceptors (Lipinski definition) is 4. The molecule has 0 radical (unpaired) electrons. The summed E-state index contributed by atoms with van der Waals surface area (Å²) in [5, 5.41) is 11.4. The number of methoxy groups -OCH3 is 1. The average molecular weight is 278 g/mol. The molecule has 1 aromatic rings. The van der Waals surface area contributed by atoms with Crippen LogP contribution in [0.5, 0.6) is 0 Å². The van der Waals surface area contributed by atoms with Gasteiger partial charge in [-0.2, -0.15) is 0 Å². The Morgan fingerprint density at radius 1 is 1.55 bits per heavy atom. The van der Waals surface area contributed by atoms with Crippen molar-refractivity contribution in [3.8, 4) is 0 Å². The van der Waals surface area contributed by atoms with E-state index in [9.17, 15) is 9.59 Å². The molecule has 1 atom stereocenters. The summed E-state index contributed by atoms with van der Waals surface area (Å²) in [6.45, 7) is 2.97. The van der Waals surface area contributed by atoms with Crippen LogP contribution in [0.15, 0.2) is 24.4 Å².